The predicted octanol–water partition coefficient (Wildman–Crippen LogP) is -0.372. The molecule has 0 radical (unpaired) electrons. The Morgan fingerprint density at radius 3 is 2.07 bits per heavy atom. The number of carbonyl (C=O) groups excluding carboxylic acids is 3. The number of carbonyl (C=O) groups is 4. The van der Waals surface area contributed by atoms with Crippen molar-refractivity contribution in [2.24, 2.45) is 17.4 Å². The second kappa shape index (κ2) is 11.8. The summed E-state index contributed by atoms with van der Waals surface area (Å²) in [7, 11) is 0. The van der Waals surface area contributed by atoms with Crippen LogP contribution in [0, 0.1) is 5.92 Å². The third-order valence-electron chi connectivity index (χ3n) is 4.37. The summed E-state index contributed by atoms with van der Waals surface area (Å²) in [5.41, 5.74) is 11.6. The minimum absolute atomic E-state index is 0.0418. The molecule has 0 spiro atoms. The summed E-state index contributed by atoms with van der Waals surface area (Å²) in [5.74, 6) is -3.07. The number of aliphatic carboxylic acids is 1. The van der Waals surface area contributed by atoms with Crippen LogP contribution in [0.3, 0.4) is 0 Å². The van der Waals surface area contributed by atoms with Crippen LogP contribution in [-0.2, 0) is 25.6 Å². The molecule has 3 amide bonds. The van der Waals surface area contributed by atoms with E-state index in [0.717, 1.165) is 0 Å². The molecule has 1 aromatic carbocycles. The van der Waals surface area contributed by atoms with Crippen LogP contribution in [0.25, 0.3) is 0 Å². The van der Waals surface area contributed by atoms with E-state index in [1.807, 2.05) is 13.8 Å². The Hall–Kier alpha value is -3.14. The maximum absolute atomic E-state index is 12.8. The molecule has 8 N–H and O–H groups in total. The van der Waals surface area contributed by atoms with Crippen molar-refractivity contribution in [1.82, 2.24) is 10.6 Å². The SMILES string of the molecule is CC(C)C[C@H](N)C(=O)N[C@@H](Cc1ccc(O)cc1)C(=O)N[C@@H](CCC(N)=O)C(=O)O. The van der Waals surface area contributed by atoms with E-state index in [0.29, 0.717) is 12.0 Å². The van der Waals surface area contributed by atoms with Crippen LogP contribution in [-0.4, -0.2) is 52.0 Å². The first-order chi connectivity index (χ1) is 14.0. The number of rotatable bonds is 12. The van der Waals surface area contributed by atoms with E-state index in [1.54, 1.807) is 12.1 Å². The van der Waals surface area contributed by atoms with Gasteiger partial charge in [0.05, 0.1) is 6.04 Å². The van der Waals surface area contributed by atoms with Gasteiger partial charge < -0.3 is 32.3 Å². The number of aromatic hydroxyl groups is 1. The van der Waals surface area contributed by atoms with Crippen molar-refractivity contribution >= 4 is 23.7 Å². The maximum Gasteiger partial charge on any atom is 0.326 e. The normalized spacial score (nSPS) is 13.9. The Balaban J connectivity index is 2.97. The lowest BCUT2D eigenvalue weighted by Gasteiger charge is -2.23. The van der Waals surface area contributed by atoms with Crippen LogP contribution in [0.1, 0.15) is 38.7 Å². The summed E-state index contributed by atoms with van der Waals surface area (Å²) < 4.78 is 0. The van der Waals surface area contributed by atoms with Crippen molar-refractivity contribution in [3.05, 3.63) is 29.8 Å². The molecule has 3 atom stereocenters. The summed E-state index contributed by atoms with van der Waals surface area (Å²) in [4.78, 5) is 47.6. The average molecular weight is 422 g/mol. The number of phenols is 1. The first kappa shape index (κ1) is 24.9. The summed E-state index contributed by atoms with van der Waals surface area (Å²) in [5, 5.41) is 23.6. The molecule has 166 valence electrons. The molecule has 1 aromatic rings. The van der Waals surface area contributed by atoms with Crippen molar-refractivity contribution < 1.29 is 29.4 Å². The van der Waals surface area contributed by atoms with Gasteiger partial charge in [-0.05, 0) is 36.5 Å². The number of nitrogens with one attached hydrogen (secondary N) is 2. The highest BCUT2D eigenvalue weighted by molar-refractivity contribution is 5.92. The molecular weight excluding hydrogens is 392 g/mol. The third-order valence-corrected chi connectivity index (χ3v) is 4.37. The van der Waals surface area contributed by atoms with Gasteiger partial charge in [-0.15, -0.1) is 0 Å². The zero-order valence-electron chi connectivity index (χ0n) is 17.1. The first-order valence-electron chi connectivity index (χ1n) is 9.65. The fraction of sp³-hybridized carbons (Fsp3) is 0.500. The lowest BCUT2D eigenvalue weighted by molar-refractivity contribution is -0.142. The number of carboxylic acids is 1. The average Bonchev–Trinajstić information content (AvgIpc) is 2.64. The zero-order valence-corrected chi connectivity index (χ0v) is 17.1. The number of phenolic OH excluding ortho intramolecular Hbond substituents is 1. The monoisotopic (exact) mass is 422 g/mol. The van der Waals surface area contributed by atoms with Gasteiger partial charge in [0.15, 0.2) is 0 Å². The van der Waals surface area contributed by atoms with Gasteiger partial charge in [0, 0.05) is 12.8 Å². The van der Waals surface area contributed by atoms with E-state index in [9.17, 15) is 29.4 Å². The van der Waals surface area contributed by atoms with E-state index in [-0.39, 0.29) is 30.9 Å². The van der Waals surface area contributed by atoms with E-state index in [4.69, 9.17) is 11.5 Å². The Morgan fingerprint density at radius 1 is 1.00 bits per heavy atom. The molecule has 10 heteroatoms. The van der Waals surface area contributed by atoms with E-state index < -0.39 is 41.8 Å². The summed E-state index contributed by atoms with van der Waals surface area (Å²) in [6, 6.07) is 2.76. The molecule has 0 fully saturated rings. The standard InChI is InChI=1S/C20H30N4O6/c1-11(2)9-14(21)18(27)24-16(10-12-3-5-13(25)6-4-12)19(28)23-15(20(29)30)7-8-17(22)26/h3-6,11,14-16,25H,7-10,21H2,1-2H3,(H2,22,26)(H,23,28)(H,24,27)(H,29,30)/t14-,15-,16-/m0/s1. The minimum atomic E-state index is -1.34. The van der Waals surface area contributed by atoms with Crippen LogP contribution in [0.15, 0.2) is 24.3 Å². The van der Waals surface area contributed by atoms with Crippen molar-refractivity contribution in [3.63, 3.8) is 0 Å². The number of hydrogen-bond acceptors (Lipinski definition) is 6. The zero-order chi connectivity index (χ0) is 22.8. The Bertz CT molecular complexity index is 750. The summed E-state index contributed by atoms with van der Waals surface area (Å²) >= 11 is 0. The molecule has 0 saturated carbocycles. The highest BCUT2D eigenvalue weighted by atomic mass is 16.4. The van der Waals surface area contributed by atoms with Gasteiger partial charge >= 0.3 is 5.97 Å². The first-order valence-corrected chi connectivity index (χ1v) is 9.65. The summed E-state index contributed by atoms with van der Waals surface area (Å²) in [6.07, 6.45) is 0.0683. The van der Waals surface area contributed by atoms with Gasteiger partial charge in [-0.25, -0.2) is 4.79 Å². The van der Waals surface area contributed by atoms with Crippen molar-refractivity contribution in [2.45, 2.75) is 57.7 Å². The number of amides is 3. The Kier molecular flexibility index (Phi) is 9.76. The van der Waals surface area contributed by atoms with Crippen molar-refractivity contribution in [1.29, 1.82) is 0 Å². The van der Waals surface area contributed by atoms with Crippen molar-refractivity contribution in [3.8, 4) is 5.75 Å². The van der Waals surface area contributed by atoms with E-state index >= 15 is 0 Å². The fourth-order valence-electron chi connectivity index (χ4n) is 2.79. The smallest absolute Gasteiger partial charge is 0.326 e. The molecule has 30 heavy (non-hydrogen) atoms. The molecule has 0 bridgehead atoms. The second-order valence-electron chi connectivity index (χ2n) is 7.57. The fourth-order valence-corrected chi connectivity index (χ4v) is 2.79. The van der Waals surface area contributed by atoms with Crippen LogP contribution >= 0.6 is 0 Å². The lowest BCUT2D eigenvalue weighted by atomic mass is 10.0. The van der Waals surface area contributed by atoms with E-state index in [1.165, 1.54) is 12.1 Å². The molecule has 0 saturated heterocycles. The number of carboxylic acid groups (broad SMARTS) is 1. The van der Waals surface area contributed by atoms with E-state index in [2.05, 4.69) is 10.6 Å². The van der Waals surface area contributed by atoms with Gasteiger partial charge in [-0.3, -0.25) is 14.4 Å². The third kappa shape index (κ3) is 8.91. The highest BCUT2D eigenvalue weighted by Crippen LogP contribution is 2.12. The topological polar surface area (TPSA) is 185 Å². The molecule has 1 rings (SSSR count). The Morgan fingerprint density at radius 2 is 1.57 bits per heavy atom. The van der Waals surface area contributed by atoms with Crippen LogP contribution in [0.5, 0.6) is 5.75 Å². The van der Waals surface area contributed by atoms with Crippen LogP contribution in [0.4, 0.5) is 0 Å². The highest BCUT2D eigenvalue weighted by Gasteiger charge is 2.28. The molecule has 0 aliphatic rings. The minimum Gasteiger partial charge on any atom is -0.508 e. The lowest BCUT2D eigenvalue weighted by Crippen LogP contribution is -2.55. The summed E-state index contributed by atoms with van der Waals surface area (Å²) in [6.45, 7) is 3.81. The molecule has 0 heterocycles. The molecular formula is C20H30N4O6. The van der Waals surface area contributed by atoms with Crippen LogP contribution < -0.4 is 22.1 Å². The largest absolute Gasteiger partial charge is 0.508 e. The predicted molar refractivity (Wildman–Crippen MR) is 109 cm³/mol. The maximum atomic E-state index is 12.8. The molecule has 0 unspecified atom stereocenters. The quantitative estimate of drug-likeness (QED) is 0.265. The van der Waals surface area contributed by atoms with Crippen molar-refractivity contribution in [2.75, 3.05) is 0 Å². The second-order valence-corrected chi connectivity index (χ2v) is 7.57. The molecule has 0 aliphatic heterocycles. The van der Waals surface area contributed by atoms with Gasteiger partial charge in [0.2, 0.25) is 17.7 Å². The number of benzene rings is 1. The van der Waals surface area contributed by atoms with Gasteiger partial charge in [0.1, 0.15) is 17.8 Å². The van der Waals surface area contributed by atoms with Gasteiger partial charge in [-0.2, -0.15) is 0 Å². The molecule has 10 nitrogen and oxygen atoms in total. The Labute approximate surface area is 175 Å². The number of hydrogen-bond donors (Lipinski definition) is 6. The molecule has 0 aromatic heterocycles. The molecule has 0 aliphatic carbocycles. The van der Waals surface area contributed by atoms with Crippen LogP contribution in [0.2, 0.25) is 0 Å². The number of nitrogens with two attached hydrogens (primary N) is 2. The van der Waals surface area contributed by atoms with Gasteiger partial charge in [0.25, 0.3) is 0 Å². The number of primary amides is 1. The van der Waals surface area contributed by atoms with Gasteiger partial charge in [-0.1, -0.05) is 26.0 Å².